The first-order chi connectivity index (χ1) is 10.2. The number of aryl methyl sites for hydroxylation is 1. The van der Waals surface area contributed by atoms with Gasteiger partial charge in [0.05, 0.1) is 11.6 Å². The molecule has 1 aromatic heterocycles. The highest BCUT2D eigenvalue weighted by Crippen LogP contribution is 2.25. The van der Waals surface area contributed by atoms with Crippen molar-refractivity contribution in [2.45, 2.75) is 19.3 Å². The maximum Gasteiger partial charge on any atom is 0.0896 e. The molecule has 0 aliphatic rings. The molecule has 1 atom stereocenters. The van der Waals surface area contributed by atoms with E-state index < -0.39 is 0 Å². The van der Waals surface area contributed by atoms with Gasteiger partial charge in [-0.05, 0) is 31.0 Å². The number of thiazole rings is 1. The number of hydrogen-bond donors (Lipinski definition) is 1. The topological polar surface area (TPSA) is 34.1 Å². The predicted molar refractivity (Wildman–Crippen MR) is 89.5 cm³/mol. The van der Waals surface area contributed by atoms with E-state index in [9.17, 15) is 0 Å². The first-order valence-electron chi connectivity index (χ1n) is 7.05. The first-order valence-corrected chi connectivity index (χ1v) is 8.25. The second-order valence-electron chi connectivity index (χ2n) is 5.00. The number of methoxy groups -OCH3 is 1. The molecule has 114 valence electrons. The molecular formula is C16H21ClN2OS. The minimum atomic E-state index is 0.389. The number of halogens is 1. The van der Waals surface area contributed by atoms with Crippen LogP contribution in [-0.2, 0) is 11.2 Å². The second kappa shape index (κ2) is 8.49. The average Bonchev–Trinajstić information content (AvgIpc) is 2.87. The van der Waals surface area contributed by atoms with Crippen LogP contribution in [0.2, 0.25) is 5.02 Å². The first kappa shape index (κ1) is 16.4. The molecule has 1 N–H and O–H groups in total. The van der Waals surface area contributed by atoms with Gasteiger partial charge in [-0.15, -0.1) is 11.3 Å². The number of nitrogens with one attached hydrogen (secondary N) is 1. The minimum Gasteiger partial charge on any atom is -0.383 e. The maximum atomic E-state index is 6.13. The summed E-state index contributed by atoms with van der Waals surface area (Å²) in [5, 5.41) is 5.35. The van der Waals surface area contributed by atoms with Crippen molar-refractivity contribution >= 4 is 22.9 Å². The van der Waals surface area contributed by atoms with Crippen LogP contribution in [0.15, 0.2) is 30.5 Å². The maximum absolute atomic E-state index is 6.13. The van der Waals surface area contributed by atoms with Gasteiger partial charge in [0.25, 0.3) is 0 Å². The quantitative estimate of drug-likeness (QED) is 0.752. The van der Waals surface area contributed by atoms with Crippen molar-refractivity contribution in [3.8, 4) is 0 Å². The Labute approximate surface area is 135 Å². The van der Waals surface area contributed by atoms with Crippen LogP contribution >= 0.6 is 22.9 Å². The largest absolute Gasteiger partial charge is 0.383 e. The Morgan fingerprint density at radius 2 is 2.29 bits per heavy atom. The normalized spacial score (nSPS) is 12.5. The van der Waals surface area contributed by atoms with Gasteiger partial charge in [0.2, 0.25) is 0 Å². The number of benzene rings is 1. The van der Waals surface area contributed by atoms with Crippen LogP contribution in [0.4, 0.5) is 0 Å². The molecule has 0 fully saturated rings. The van der Waals surface area contributed by atoms with E-state index in [0.717, 1.165) is 36.1 Å². The summed E-state index contributed by atoms with van der Waals surface area (Å²) in [5.74, 6) is 0.389. The lowest BCUT2D eigenvalue weighted by molar-refractivity contribution is 0.199. The van der Waals surface area contributed by atoms with E-state index in [1.807, 2.05) is 25.3 Å². The van der Waals surface area contributed by atoms with E-state index >= 15 is 0 Å². The Morgan fingerprint density at radius 1 is 1.43 bits per heavy atom. The highest BCUT2D eigenvalue weighted by Gasteiger charge is 2.14. The van der Waals surface area contributed by atoms with Crippen molar-refractivity contribution in [1.82, 2.24) is 10.3 Å². The Balaban J connectivity index is 2.06. The smallest absolute Gasteiger partial charge is 0.0896 e. The van der Waals surface area contributed by atoms with Crippen molar-refractivity contribution < 1.29 is 4.74 Å². The number of aromatic nitrogens is 1. The zero-order valence-corrected chi connectivity index (χ0v) is 14.0. The molecule has 0 radical (unpaired) electrons. The van der Waals surface area contributed by atoms with Crippen molar-refractivity contribution in [2.24, 2.45) is 0 Å². The van der Waals surface area contributed by atoms with Gasteiger partial charge in [-0.3, -0.25) is 0 Å². The SMILES string of the molecule is COCCNCC(Cc1cnc(C)s1)c1cccc(Cl)c1. The molecule has 1 aromatic carbocycles. The van der Waals surface area contributed by atoms with E-state index in [2.05, 4.69) is 22.4 Å². The summed E-state index contributed by atoms with van der Waals surface area (Å²) in [5.41, 5.74) is 1.26. The molecular weight excluding hydrogens is 304 g/mol. The van der Waals surface area contributed by atoms with E-state index in [1.165, 1.54) is 10.4 Å². The van der Waals surface area contributed by atoms with Gasteiger partial charge in [0.1, 0.15) is 0 Å². The number of nitrogens with zero attached hydrogens (tertiary/aromatic N) is 1. The van der Waals surface area contributed by atoms with E-state index in [-0.39, 0.29) is 0 Å². The lowest BCUT2D eigenvalue weighted by atomic mass is 9.95. The standard InChI is InChI=1S/C16H21ClN2OS/c1-12-19-11-16(21-12)9-14(10-18-6-7-20-2)13-4-3-5-15(17)8-13/h3-5,8,11,14,18H,6-7,9-10H2,1-2H3. The van der Waals surface area contributed by atoms with Gasteiger partial charge >= 0.3 is 0 Å². The molecule has 0 saturated carbocycles. The van der Waals surface area contributed by atoms with Crippen molar-refractivity contribution in [2.75, 3.05) is 26.8 Å². The molecule has 0 aliphatic carbocycles. The second-order valence-corrected chi connectivity index (χ2v) is 6.75. The molecule has 5 heteroatoms. The minimum absolute atomic E-state index is 0.389. The molecule has 0 amide bonds. The highest BCUT2D eigenvalue weighted by atomic mass is 35.5. The van der Waals surface area contributed by atoms with Crippen molar-refractivity contribution in [3.05, 3.63) is 50.9 Å². The molecule has 0 bridgehead atoms. The van der Waals surface area contributed by atoms with Gasteiger partial charge in [0, 0.05) is 42.2 Å². The predicted octanol–water partition coefficient (Wildman–Crippen LogP) is 3.67. The van der Waals surface area contributed by atoms with Gasteiger partial charge in [-0.1, -0.05) is 23.7 Å². The monoisotopic (exact) mass is 324 g/mol. The summed E-state index contributed by atoms with van der Waals surface area (Å²) < 4.78 is 5.08. The van der Waals surface area contributed by atoms with Crippen LogP contribution in [0.3, 0.4) is 0 Å². The van der Waals surface area contributed by atoms with Crippen LogP contribution < -0.4 is 5.32 Å². The molecule has 0 aliphatic heterocycles. The van der Waals surface area contributed by atoms with Gasteiger partial charge in [0.15, 0.2) is 0 Å². The third kappa shape index (κ3) is 5.40. The molecule has 3 nitrogen and oxygen atoms in total. The zero-order valence-electron chi connectivity index (χ0n) is 12.4. The Morgan fingerprint density at radius 3 is 2.95 bits per heavy atom. The summed E-state index contributed by atoms with van der Waals surface area (Å²) in [6.07, 6.45) is 2.96. The molecule has 2 rings (SSSR count). The van der Waals surface area contributed by atoms with Crippen LogP contribution in [-0.4, -0.2) is 31.8 Å². The summed E-state index contributed by atoms with van der Waals surface area (Å²) in [6.45, 7) is 4.53. The van der Waals surface area contributed by atoms with Gasteiger partial charge < -0.3 is 10.1 Å². The van der Waals surface area contributed by atoms with Crippen molar-refractivity contribution in [3.63, 3.8) is 0 Å². The Kier molecular flexibility index (Phi) is 6.64. The van der Waals surface area contributed by atoms with E-state index in [0.29, 0.717) is 5.92 Å². The third-order valence-corrected chi connectivity index (χ3v) is 4.48. The molecule has 1 heterocycles. The molecule has 1 unspecified atom stereocenters. The van der Waals surface area contributed by atoms with Crippen LogP contribution in [0.25, 0.3) is 0 Å². The molecule has 2 aromatic rings. The summed E-state index contributed by atoms with van der Waals surface area (Å²) >= 11 is 7.89. The lowest BCUT2D eigenvalue weighted by Crippen LogP contribution is -2.26. The third-order valence-electron chi connectivity index (χ3n) is 3.31. The van der Waals surface area contributed by atoms with Crippen LogP contribution in [0, 0.1) is 6.92 Å². The fourth-order valence-electron chi connectivity index (χ4n) is 2.26. The van der Waals surface area contributed by atoms with Gasteiger partial charge in [-0.25, -0.2) is 4.98 Å². The Hall–Kier alpha value is -0.940. The van der Waals surface area contributed by atoms with E-state index in [4.69, 9.17) is 16.3 Å². The average molecular weight is 325 g/mol. The van der Waals surface area contributed by atoms with Gasteiger partial charge in [-0.2, -0.15) is 0 Å². The molecule has 0 saturated heterocycles. The van der Waals surface area contributed by atoms with Crippen LogP contribution in [0.5, 0.6) is 0 Å². The number of rotatable bonds is 8. The fraction of sp³-hybridized carbons (Fsp3) is 0.438. The summed E-state index contributed by atoms with van der Waals surface area (Å²) in [6, 6.07) is 8.12. The zero-order chi connectivity index (χ0) is 15.1. The fourth-order valence-corrected chi connectivity index (χ4v) is 3.33. The lowest BCUT2D eigenvalue weighted by Gasteiger charge is -2.17. The van der Waals surface area contributed by atoms with E-state index in [1.54, 1.807) is 18.4 Å². The number of hydrogen-bond acceptors (Lipinski definition) is 4. The van der Waals surface area contributed by atoms with Crippen LogP contribution in [0.1, 0.15) is 21.4 Å². The molecule has 0 spiro atoms. The highest BCUT2D eigenvalue weighted by molar-refractivity contribution is 7.11. The Bertz CT molecular complexity index is 559. The summed E-state index contributed by atoms with van der Waals surface area (Å²) in [7, 11) is 1.72. The van der Waals surface area contributed by atoms with Crippen molar-refractivity contribution in [1.29, 1.82) is 0 Å². The summed E-state index contributed by atoms with van der Waals surface area (Å²) in [4.78, 5) is 5.65. The molecule has 21 heavy (non-hydrogen) atoms. The number of ether oxygens (including phenoxy) is 1.